The number of carbonyl (C=O) groups excluding carboxylic acids is 2. The molecule has 2 aliphatic heterocycles. The lowest BCUT2D eigenvalue weighted by atomic mass is 9.82. The third-order valence-electron chi connectivity index (χ3n) is 6.28. The van der Waals surface area contributed by atoms with Crippen molar-refractivity contribution in [2.24, 2.45) is 11.8 Å². The molecule has 0 spiro atoms. The maximum atomic E-state index is 12.4. The number of hydrogen-bond donors (Lipinski definition) is 7. The van der Waals surface area contributed by atoms with Gasteiger partial charge in [-0.05, 0) is 18.6 Å². The van der Waals surface area contributed by atoms with Gasteiger partial charge >= 0.3 is 11.9 Å². The molecule has 8 unspecified atom stereocenters. The Balaban J connectivity index is 1.75. The number of aliphatic hydroxyl groups excluding tert-OH is 4. The van der Waals surface area contributed by atoms with Crippen LogP contribution < -0.4 is 0 Å². The molecule has 7 N–H and O–H groups in total. The molecule has 0 saturated carbocycles. The molecule has 14 nitrogen and oxygen atoms in total. The molecular weight excluding hydrogens is 512 g/mol. The van der Waals surface area contributed by atoms with Crippen LogP contribution in [-0.4, -0.2) is 105 Å². The number of esters is 2. The molecule has 0 aliphatic carbocycles. The first-order chi connectivity index (χ1) is 18.0. The Morgan fingerprint density at radius 2 is 1.68 bits per heavy atom. The van der Waals surface area contributed by atoms with Crippen LogP contribution >= 0.6 is 0 Å². The lowest BCUT2D eigenvalue weighted by Crippen LogP contribution is -2.60. The standard InChI is InChI=1S/C24H30O14/c1-3-11-12(4-5-35-21(32)10-6-14(26)17(28)15(27)7-10)13(22(33)34-2)9-36-23(11)38-24-20(31)19(30)18(29)16(8-25)37-24/h3,6-7,9,11-12,16,18-20,23-31H,1,4-5,8H2,2H3. The normalized spacial score (nSPS) is 31.0. The van der Waals surface area contributed by atoms with E-state index in [1.807, 2.05) is 0 Å². The third kappa shape index (κ3) is 6.01. The summed E-state index contributed by atoms with van der Waals surface area (Å²) in [5.74, 6) is -5.48. The largest absolute Gasteiger partial charge is 0.504 e. The van der Waals surface area contributed by atoms with E-state index in [9.17, 15) is 45.3 Å². The monoisotopic (exact) mass is 542 g/mol. The maximum Gasteiger partial charge on any atom is 0.338 e. The Morgan fingerprint density at radius 3 is 2.26 bits per heavy atom. The summed E-state index contributed by atoms with van der Waals surface area (Å²) in [6.45, 7) is 2.80. The second-order valence-electron chi connectivity index (χ2n) is 8.61. The average molecular weight is 542 g/mol. The van der Waals surface area contributed by atoms with Crippen molar-refractivity contribution in [3.8, 4) is 17.2 Å². The summed E-state index contributed by atoms with van der Waals surface area (Å²) in [6, 6.07) is 1.81. The van der Waals surface area contributed by atoms with Crippen molar-refractivity contribution < 1.29 is 69.0 Å². The van der Waals surface area contributed by atoms with Crippen LogP contribution in [0.5, 0.6) is 17.2 Å². The Hall–Kier alpha value is -3.40. The summed E-state index contributed by atoms with van der Waals surface area (Å²) in [5, 5.41) is 68.4. The summed E-state index contributed by atoms with van der Waals surface area (Å²) >= 11 is 0. The average Bonchev–Trinajstić information content (AvgIpc) is 2.91. The van der Waals surface area contributed by atoms with Crippen molar-refractivity contribution >= 4 is 11.9 Å². The van der Waals surface area contributed by atoms with E-state index in [1.54, 1.807) is 0 Å². The summed E-state index contributed by atoms with van der Waals surface area (Å²) in [6.07, 6.45) is -6.49. The molecule has 0 amide bonds. The molecule has 1 fully saturated rings. The molecule has 2 aliphatic rings. The fraction of sp³-hybridized carbons (Fsp3) is 0.500. The van der Waals surface area contributed by atoms with Gasteiger partial charge in [0.15, 0.2) is 23.5 Å². The van der Waals surface area contributed by atoms with E-state index in [0.717, 1.165) is 25.5 Å². The zero-order valence-electron chi connectivity index (χ0n) is 20.2. The predicted octanol–water partition coefficient (Wildman–Crippen LogP) is -1.00. The molecule has 3 rings (SSSR count). The van der Waals surface area contributed by atoms with Crippen molar-refractivity contribution in [3.05, 3.63) is 42.2 Å². The predicted molar refractivity (Wildman–Crippen MR) is 123 cm³/mol. The van der Waals surface area contributed by atoms with Crippen LogP contribution in [0.1, 0.15) is 16.8 Å². The molecule has 1 saturated heterocycles. The SMILES string of the molecule is C=CC1C(OC2OC(CO)C(O)C(O)C2O)OC=C(C(=O)OC)C1CCOC(=O)c1cc(O)c(O)c(O)c1. The van der Waals surface area contributed by atoms with Crippen molar-refractivity contribution in [1.29, 1.82) is 0 Å². The summed E-state index contributed by atoms with van der Waals surface area (Å²) in [5.41, 5.74) is -0.181. The number of aromatic hydroxyl groups is 3. The van der Waals surface area contributed by atoms with Gasteiger partial charge in [-0.15, -0.1) is 6.58 Å². The minimum atomic E-state index is -1.70. The first kappa shape index (κ1) is 29.2. The molecular formula is C24H30O14. The van der Waals surface area contributed by atoms with E-state index >= 15 is 0 Å². The highest BCUT2D eigenvalue weighted by Gasteiger charge is 2.47. The van der Waals surface area contributed by atoms with Crippen LogP contribution in [0, 0.1) is 11.8 Å². The zero-order valence-corrected chi connectivity index (χ0v) is 20.2. The highest BCUT2D eigenvalue weighted by atomic mass is 16.8. The van der Waals surface area contributed by atoms with E-state index in [0.29, 0.717) is 0 Å². The highest BCUT2D eigenvalue weighted by Crippen LogP contribution is 2.38. The Kier molecular flexibility index (Phi) is 9.54. The third-order valence-corrected chi connectivity index (χ3v) is 6.28. The van der Waals surface area contributed by atoms with Crippen LogP contribution in [0.4, 0.5) is 0 Å². The molecule has 0 radical (unpaired) electrons. The van der Waals surface area contributed by atoms with Gasteiger partial charge in [-0.3, -0.25) is 0 Å². The van der Waals surface area contributed by atoms with Gasteiger partial charge in [0, 0.05) is 11.8 Å². The van der Waals surface area contributed by atoms with Crippen molar-refractivity contribution in [3.63, 3.8) is 0 Å². The Bertz CT molecular complexity index is 1030. The van der Waals surface area contributed by atoms with Gasteiger partial charge in [-0.2, -0.15) is 0 Å². The molecule has 2 heterocycles. The van der Waals surface area contributed by atoms with Gasteiger partial charge < -0.3 is 59.4 Å². The van der Waals surface area contributed by atoms with Crippen LogP contribution in [0.3, 0.4) is 0 Å². The zero-order chi connectivity index (χ0) is 28.1. The number of carbonyl (C=O) groups is 2. The number of benzene rings is 1. The van der Waals surface area contributed by atoms with Crippen LogP contribution in [-0.2, 0) is 28.5 Å². The Morgan fingerprint density at radius 1 is 1.03 bits per heavy atom. The smallest absolute Gasteiger partial charge is 0.338 e. The van der Waals surface area contributed by atoms with E-state index in [1.165, 1.54) is 6.08 Å². The van der Waals surface area contributed by atoms with Gasteiger partial charge in [0.1, 0.15) is 24.4 Å². The van der Waals surface area contributed by atoms with E-state index in [2.05, 4.69) is 6.58 Å². The molecule has 14 heteroatoms. The topological polar surface area (TPSA) is 222 Å². The molecule has 8 atom stereocenters. The van der Waals surface area contributed by atoms with Crippen LogP contribution in [0.15, 0.2) is 36.6 Å². The van der Waals surface area contributed by atoms with E-state index in [-0.39, 0.29) is 24.2 Å². The molecule has 0 bridgehead atoms. The Labute approximate surface area is 216 Å². The van der Waals surface area contributed by atoms with Crippen molar-refractivity contribution in [1.82, 2.24) is 0 Å². The quantitative estimate of drug-likeness (QED) is 0.113. The maximum absolute atomic E-state index is 12.4. The van der Waals surface area contributed by atoms with E-state index < -0.39 is 84.6 Å². The van der Waals surface area contributed by atoms with Gasteiger partial charge in [-0.1, -0.05) is 6.08 Å². The fourth-order valence-corrected chi connectivity index (χ4v) is 4.17. The molecule has 1 aromatic carbocycles. The minimum absolute atomic E-state index is 0.0112. The number of methoxy groups -OCH3 is 1. The van der Waals surface area contributed by atoms with Crippen molar-refractivity contribution in [2.75, 3.05) is 20.3 Å². The number of rotatable bonds is 9. The number of hydrogen-bond acceptors (Lipinski definition) is 14. The van der Waals surface area contributed by atoms with Gasteiger partial charge in [0.25, 0.3) is 0 Å². The lowest BCUT2D eigenvalue weighted by molar-refractivity contribution is -0.339. The first-order valence-electron chi connectivity index (χ1n) is 11.5. The van der Waals surface area contributed by atoms with Gasteiger partial charge in [0.05, 0.1) is 37.7 Å². The van der Waals surface area contributed by atoms with Crippen LogP contribution in [0.2, 0.25) is 0 Å². The number of aliphatic hydroxyl groups is 4. The van der Waals surface area contributed by atoms with Gasteiger partial charge in [-0.25, -0.2) is 9.59 Å². The van der Waals surface area contributed by atoms with Gasteiger partial charge in [0.2, 0.25) is 6.29 Å². The molecule has 0 aromatic heterocycles. The number of phenols is 3. The van der Waals surface area contributed by atoms with Crippen molar-refractivity contribution in [2.45, 2.75) is 43.4 Å². The molecule has 210 valence electrons. The summed E-state index contributed by atoms with van der Waals surface area (Å²) in [4.78, 5) is 24.8. The second kappa shape index (κ2) is 12.4. The van der Waals surface area contributed by atoms with Crippen LogP contribution in [0.25, 0.3) is 0 Å². The summed E-state index contributed by atoms with van der Waals surface area (Å²) < 4.78 is 26.6. The minimum Gasteiger partial charge on any atom is -0.504 e. The second-order valence-corrected chi connectivity index (χ2v) is 8.61. The van der Waals surface area contributed by atoms with E-state index in [4.69, 9.17) is 23.7 Å². The molecule has 38 heavy (non-hydrogen) atoms. The first-order valence-corrected chi connectivity index (χ1v) is 11.5. The fourth-order valence-electron chi connectivity index (χ4n) is 4.17. The summed E-state index contributed by atoms with van der Waals surface area (Å²) in [7, 11) is 1.16. The molecule has 1 aromatic rings. The lowest BCUT2D eigenvalue weighted by Gasteiger charge is -2.43. The highest BCUT2D eigenvalue weighted by molar-refractivity contribution is 5.91. The number of phenolic OH excluding ortho intramolecular Hbond substituents is 3. The number of ether oxygens (including phenoxy) is 5.